The van der Waals surface area contributed by atoms with Crippen LogP contribution in [-0.2, 0) is 4.79 Å². The summed E-state index contributed by atoms with van der Waals surface area (Å²) in [6.07, 6.45) is -0.289. The van der Waals surface area contributed by atoms with Crippen LogP contribution >= 0.6 is 19.2 Å². The van der Waals surface area contributed by atoms with Crippen LogP contribution in [0.2, 0.25) is 0 Å². The van der Waals surface area contributed by atoms with E-state index in [2.05, 4.69) is 12.2 Å². The molecule has 0 aliphatic heterocycles. The first-order valence-electron chi connectivity index (χ1n) is 2.59. The molecule has 0 radical (unpaired) electrons. The van der Waals surface area contributed by atoms with Crippen molar-refractivity contribution in [2.45, 2.75) is 0 Å². The lowest BCUT2D eigenvalue weighted by Crippen LogP contribution is -2.25. The molecule has 0 saturated heterocycles. The predicted octanol–water partition coefficient (Wildman–Crippen LogP) is -0.248. The molecule has 0 atom stereocenters. The Morgan fingerprint density at radius 1 is 1.60 bits per heavy atom. The summed E-state index contributed by atoms with van der Waals surface area (Å²) in [5.74, 6) is -0.326. The van der Waals surface area contributed by atoms with Gasteiger partial charge in [-0.25, -0.2) is 9.79 Å². The number of thiol groups is 1. The first kappa shape index (κ1) is 10.2. The smallest absolute Gasteiger partial charge is 0.333 e. The van der Waals surface area contributed by atoms with Crippen LogP contribution in [0.4, 0.5) is 0 Å². The van der Waals surface area contributed by atoms with Gasteiger partial charge < -0.3 is 4.90 Å². The number of carbonyl (C=O) groups is 1. The predicted molar refractivity (Wildman–Crippen MR) is 43.9 cm³/mol. The lowest BCUT2D eigenvalue weighted by molar-refractivity contribution is -0.126. The molecular weight excluding hydrogens is 173 g/mol. The quantitative estimate of drug-likeness (QED) is 0.409. The Hall–Kier alpha value is 0.170. The summed E-state index contributed by atoms with van der Waals surface area (Å²) in [6.45, 7) is -3.22. The summed E-state index contributed by atoms with van der Waals surface area (Å²) in [5, 5.41) is 0. The maximum Gasteiger partial charge on any atom is 0.333 e. The van der Waals surface area contributed by atoms with Gasteiger partial charge in [-0.3, -0.25) is 4.79 Å². The molecule has 0 aromatic heterocycles. The van der Waals surface area contributed by atoms with E-state index in [1.54, 1.807) is 14.1 Å². The highest BCUT2D eigenvalue weighted by Gasteiger charge is 2.32. The molecule has 10 heavy (non-hydrogen) atoms. The first-order valence-corrected chi connectivity index (χ1v) is 5.62. The Balaban J connectivity index is 3.81. The Kier molecular flexibility index (Phi) is 3.59. The molecule has 0 bridgehead atoms. The van der Waals surface area contributed by atoms with Crippen molar-refractivity contribution in [3.05, 3.63) is 0 Å². The lowest BCUT2D eigenvalue weighted by Gasteiger charge is -2.09. The zero-order chi connectivity index (χ0) is 8.36. The molecule has 0 fully saturated rings. The fourth-order valence-corrected chi connectivity index (χ4v) is 1.33. The van der Waals surface area contributed by atoms with Crippen molar-refractivity contribution in [3.8, 4) is 0 Å². The van der Waals surface area contributed by atoms with Gasteiger partial charge in [0.25, 0.3) is 5.91 Å². The van der Waals surface area contributed by atoms with Crippen molar-refractivity contribution >= 4 is 25.1 Å². The molecule has 0 rings (SSSR count). The molecule has 0 aromatic rings. The molecule has 4 nitrogen and oxygen atoms in total. The van der Waals surface area contributed by atoms with Crippen molar-refractivity contribution in [2.75, 3.05) is 20.3 Å². The Morgan fingerprint density at radius 2 is 2.00 bits per heavy atom. The standard InChI is InChI=1S/C4H11NO3PS/c1-5(2)4(6)3-9(7,8)10/h7-8,10H,3H2,1-2H3/q+1. The Labute approximate surface area is 65.5 Å². The van der Waals surface area contributed by atoms with Crippen molar-refractivity contribution in [1.29, 1.82) is 0 Å². The third-order valence-corrected chi connectivity index (χ3v) is 1.97. The zero-order valence-corrected chi connectivity index (χ0v) is 7.64. The molecule has 0 spiro atoms. The van der Waals surface area contributed by atoms with E-state index < -0.39 is 6.92 Å². The number of nitrogens with zero attached hydrogens (tertiary/aromatic N) is 1. The van der Waals surface area contributed by atoms with E-state index in [0.29, 0.717) is 0 Å². The summed E-state index contributed by atoms with van der Waals surface area (Å²) in [6, 6.07) is 0. The number of hydrogen-bond acceptors (Lipinski definition) is 4. The minimum atomic E-state index is -3.22. The average molecular weight is 184 g/mol. The normalized spacial score (nSPS) is 11.3. The maximum absolute atomic E-state index is 10.7. The monoisotopic (exact) mass is 184 g/mol. The Bertz CT molecular complexity index is 133. The van der Waals surface area contributed by atoms with Crippen LogP contribution in [-0.4, -0.2) is 40.9 Å². The van der Waals surface area contributed by atoms with E-state index in [1.165, 1.54) is 4.90 Å². The third kappa shape index (κ3) is 4.99. The van der Waals surface area contributed by atoms with Gasteiger partial charge >= 0.3 is 6.92 Å². The van der Waals surface area contributed by atoms with Gasteiger partial charge in [-0.2, -0.15) is 0 Å². The first-order chi connectivity index (χ1) is 4.33. The zero-order valence-electron chi connectivity index (χ0n) is 5.85. The van der Waals surface area contributed by atoms with E-state index in [0.717, 1.165) is 0 Å². The largest absolute Gasteiger partial charge is 0.345 e. The maximum atomic E-state index is 10.7. The fraction of sp³-hybridized carbons (Fsp3) is 0.750. The molecule has 0 aliphatic rings. The van der Waals surface area contributed by atoms with E-state index in [4.69, 9.17) is 9.79 Å². The molecular formula is C4H11NO3PS+. The van der Waals surface area contributed by atoms with E-state index in [1.807, 2.05) is 0 Å². The second kappa shape index (κ2) is 3.53. The van der Waals surface area contributed by atoms with Crippen LogP contribution in [0, 0.1) is 0 Å². The van der Waals surface area contributed by atoms with Gasteiger partial charge in [0, 0.05) is 14.1 Å². The molecule has 6 heteroatoms. The second-order valence-corrected chi connectivity index (χ2v) is 5.76. The molecule has 2 N–H and O–H groups in total. The molecule has 0 saturated carbocycles. The number of rotatable bonds is 2. The van der Waals surface area contributed by atoms with Gasteiger partial charge in [0.05, 0.1) is 12.2 Å². The fourth-order valence-electron chi connectivity index (χ4n) is 0.323. The van der Waals surface area contributed by atoms with Gasteiger partial charge in [0.15, 0.2) is 0 Å². The van der Waals surface area contributed by atoms with Gasteiger partial charge in [0.2, 0.25) is 6.16 Å². The summed E-state index contributed by atoms with van der Waals surface area (Å²) in [7, 11) is 3.09. The van der Waals surface area contributed by atoms with Crippen molar-refractivity contribution < 1.29 is 14.6 Å². The molecule has 0 unspecified atom stereocenters. The minimum absolute atomic E-state index is 0.289. The molecule has 1 amide bonds. The van der Waals surface area contributed by atoms with Crippen LogP contribution in [0.25, 0.3) is 0 Å². The highest BCUT2D eigenvalue weighted by molar-refractivity contribution is 8.49. The van der Waals surface area contributed by atoms with Gasteiger partial charge in [-0.05, 0) is 0 Å². The van der Waals surface area contributed by atoms with Gasteiger partial charge in [-0.1, -0.05) is 0 Å². The average Bonchev–Trinajstić information content (AvgIpc) is 1.60. The van der Waals surface area contributed by atoms with Crippen LogP contribution in [0.1, 0.15) is 0 Å². The highest BCUT2D eigenvalue weighted by atomic mass is 32.7. The number of amides is 1. The summed E-state index contributed by atoms with van der Waals surface area (Å²) >= 11 is 3.46. The Morgan fingerprint density at radius 3 is 2.10 bits per heavy atom. The van der Waals surface area contributed by atoms with Crippen molar-refractivity contribution in [1.82, 2.24) is 4.90 Å². The van der Waals surface area contributed by atoms with Crippen LogP contribution < -0.4 is 0 Å². The molecule has 0 heterocycles. The van der Waals surface area contributed by atoms with Gasteiger partial charge in [0.1, 0.15) is 0 Å². The van der Waals surface area contributed by atoms with E-state index in [9.17, 15) is 4.79 Å². The number of carbonyl (C=O) groups excluding carboxylic acids is 1. The highest BCUT2D eigenvalue weighted by Crippen LogP contribution is 2.54. The van der Waals surface area contributed by atoms with E-state index >= 15 is 0 Å². The van der Waals surface area contributed by atoms with Crippen molar-refractivity contribution in [2.24, 2.45) is 0 Å². The van der Waals surface area contributed by atoms with Gasteiger partial charge in [-0.15, -0.1) is 0 Å². The van der Waals surface area contributed by atoms with Crippen LogP contribution in [0.5, 0.6) is 0 Å². The summed E-state index contributed by atoms with van der Waals surface area (Å²) in [4.78, 5) is 29.5. The van der Waals surface area contributed by atoms with E-state index in [-0.39, 0.29) is 12.1 Å². The van der Waals surface area contributed by atoms with Crippen LogP contribution in [0.15, 0.2) is 0 Å². The topological polar surface area (TPSA) is 60.8 Å². The summed E-state index contributed by atoms with van der Waals surface area (Å²) < 4.78 is 0. The lowest BCUT2D eigenvalue weighted by atomic mass is 10.6. The van der Waals surface area contributed by atoms with Crippen LogP contribution in [0.3, 0.4) is 0 Å². The number of hydrogen-bond donors (Lipinski definition) is 3. The third-order valence-electron chi connectivity index (χ3n) is 0.846. The molecule has 0 aromatic carbocycles. The summed E-state index contributed by atoms with van der Waals surface area (Å²) in [5.41, 5.74) is 0. The minimum Gasteiger partial charge on any atom is -0.345 e. The molecule has 0 aliphatic carbocycles. The molecule has 60 valence electrons. The SMILES string of the molecule is CN(C)C(=O)C[P+](O)(O)S. The van der Waals surface area contributed by atoms with Crippen molar-refractivity contribution in [3.63, 3.8) is 0 Å². The second-order valence-electron chi connectivity index (χ2n) is 2.14.